The highest BCUT2D eigenvalue weighted by atomic mass is 16.2. The maximum Gasteiger partial charge on any atom is 0.251 e. The lowest BCUT2D eigenvalue weighted by molar-refractivity contribution is -0.138. The van der Waals surface area contributed by atoms with E-state index in [1.807, 2.05) is 45.0 Å². The van der Waals surface area contributed by atoms with Crippen LogP contribution in [0.2, 0.25) is 0 Å². The van der Waals surface area contributed by atoms with Crippen molar-refractivity contribution in [3.8, 4) is 0 Å². The zero-order valence-electron chi connectivity index (χ0n) is 18.9. The summed E-state index contributed by atoms with van der Waals surface area (Å²) in [6.07, 6.45) is 1.05. The number of amides is 3. The summed E-state index contributed by atoms with van der Waals surface area (Å²) in [5.41, 5.74) is 1.45. The van der Waals surface area contributed by atoms with Crippen LogP contribution in [0.5, 0.6) is 0 Å². The molecule has 8 heteroatoms. The fourth-order valence-corrected chi connectivity index (χ4v) is 4.51. The molecule has 2 fully saturated rings. The van der Waals surface area contributed by atoms with Crippen LogP contribution in [-0.2, 0) is 14.4 Å². The van der Waals surface area contributed by atoms with Crippen LogP contribution in [-0.4, -0.2) is 78.6 Å². The van der Waals surface area contributed by atoms with Crippen molar-refractivity contribution < 1.29 is 19.2 Å². The van der Waals surface area contributed by atoms with E-state index in [4.69, 9.17) is 0 Å². The summed E-state index contributed by atoms with van der Waals surface area (Å²) < 4.78 is 0. The highest BCUT2D eigenvalue weighted by Gasteiger charge is 2.51. The van der Waals surface area contributed by atoms with Crippen molar-refractivity contribution in [3.63, 3.8) is 0 Å². The van der Waals surface area contributed by atoms with Crippen molar-refractivity contribution >= 4 is 29.2 Å². The number of anilines is 1. The molecule has 0 aromatic heterocycles. The van der Waals surface area contributed by atoms with Gasteiger partial charge in [0.05, 0.1) is 12.6 Å². The van der Waals surface area contributed by atoms with Gasteiger partial charge in [-0.25, -0.2) is 0 Å². The smallest absolute Gasteiger partial charge is 0.251 e. The molecular formula is C23H32N4O4. The molecule has 2 heterocycles. The number of ketones is 1. The summed E-state index contributed by atoms with van der Waals surface area (Å²) >= 11 is 0. The molecule has 3 amide bonds. The number of carbonyl (C=O) groups is 4. The Morgan fingerprint density at radius 3 is 2.32 bits per heavy atom. The Morgan fingerprint density at radius 2 is 1.77 bits per heavy atom. The third-order valence-electron chi connectivity index (χ3n) is 6.07. The molecule has 8 nitrogen and oxygen atoms in total. The minimum Gasteiger partial charge on any atom is -0.378 e. The highest BCUT2D eigenvalue weighted by Crippen LogP contribution is 2.30. The normalized spacial score (nSPS) is 21.3. The van der Waals surface area contributed by atoms with E-state index in [2.05, 4.69) is 5.32 Å². The van der Waals surface area contributed by atoms with Crippen LogP contribution in [0.15, 0.2) is 24.3 Å². The predicted molar refractivity (Wildman–Crippen MR) is 118 cm³/mol. The summed E-state index contributed by atoms with van der Waals surface area (Å²) in [6, 6.07) is 5.58. The molecule has 1 aromatic rings. The monoisotopic (exact) mass is 428 g/mol. The summed E-state index contributed by atoms with van der Waals surface area (Å²) in [5, 5.41) is 2.88. The molecule has 1 N–H and O–H groups in total. The van der Waals surface area contributed by atoms with Gasteiger partial charge in [-0.15, -0.1) is 0 Å². The van der Waals surface area contributed by atoms with E-state index in [1.54, 1.807) is 21.9 Å². The highest BCUT2D eigenvalue weighted by molar-refractivity contribution is 6.00. The van der Waals surface area contributed by atoms with Crippen molar-refractivity contribution in [2.75, 3.05) is 32.1 Å². The zero-order chi connectivity index (χ0) is 22.9. The van der Waals surface area contributed by atoms with Crippen molar-refractivity contribution in [1.29, 1.82) is 0 Å². The molecule has 1 unspecified atom stereocenters. The van der Waals surface area contributed by atoms with Crippen molar-refractivity contribution in [1.82, 2.24) is 15.1 Å². The second-order valence-corrected chi connectivity index (χ2v) is 9.04. The summed E-state index contributed by atoms with van der Waals surface area (Å²) in [7, 11) is 3.85. The van der Waals surface area contributed by atoms with Crippen molar-refractivity contribution in [2.24, 2.45) is 5.92 Å². The molecule has 0 saturated carbocycles. The van der Waals surface area contributed by atoms with Gasteiger partial charge in [0, 0.05) is 38.8 Å². The number of likely N-dealkylation sites (tertiary alicyclic amines) is 2. The van der Waals surface area contributed by atoms with Crippen molar-refractivity contribution in [2.45, 2.75) is 51.7 Å². The number of rotatable bonds is 6. The summed E-state index contributed by atoms with van der Waals surface area (Å²) in [5.74, 6) is -0.651. The SMILES string of the molecule is CC(=O)N1CC(=O)[C@@H]2C1CCN2C(=O)[C@H](CC(C)C)NC(=O)c1ccc(N(C)C)cc1. The van der Waals surface area contributed by atoms with Gasteiger partial charge in [-0.2, -0.15) is 0 Å². The summed E-state index contributed by atoms with van der Waals surface area (Å²) in [4.78, 5) is 55.8. The first-order valence-corrected chi connectivity index (χ1v) is 10.8. The maximum atomic E-state index is 13.4. The molecular weight excluding hydrogens is 396 g/mol. The Hall–Kier alpha value is -2.90. The first kappa shape index (κ1) is 22.8. The lowest BCUT2D eigenvalue weighted by atomic mass is 10.0. The lowest BCUT2D eigenvalue weighted by Gasteiger charge is -2.29. The first-order valence-electron chi connectivity index (χ1n) is 10.8. The van der Waals surface area contributed by atoms with E-state index in [0.29, 0.717) is 24.9 Å². The van der Waals surface area contributed by atoms with Gasteiger partial charge >= 0.3 is 0 Å². The van der Waals surface area contributed by atoms with E-state index >= 15 is 0 Å². The van der Waals surface area contributed by atoms with Crippen LogP contribution >= 0.6 is 0 Å². The first-order chi connectivity index (χ1) is 14.6. The molecule has 3 atom stereocenters. The van der Waals surface area contributed by atoms with Gasteiger partial charge in [0.15, 0.2) is 5.78 Å². The minimum absolute atomic E-state index is 0.0495. The van der Waals surface area contributed by atoms with E-state index in [9.17, 15) is 19.2 Å². The van der Waals surface area contributed by atoms with E-state index in [1.165, 1.54) is 6.92 Å². The maximum absolute atomic E-state index is 13.4. The van der Waals surface area contributed by atoms with E-state index in [0.717, 1.165) is 5.69 Å². The van der Waals surface area contributed by atoms with Crippen LogP contribution in [0.1, 0.15) is 44.0 Å². The minimum atomic E-state index is -0.723. The fourth-order valence-electron chi connectivity index (χ4n) is 4.51. The number of nitrogens with one attached hydrogen (secondary N) is 1. The zero-order valence-corrected chi connectivity index (χ0v) is 18.9. The van der Waals surface area contributed by atoms with Crippen LogP contribution < -0.4 is 10.2 Å². The van der Waals surface area contributed by atoms with Gasteiger partial charge in [0.25, 0.3) is 5.91 Å². The molecule has 0 radical (unpaired) electrons. The number of carbonyl (C=O) groups excluding carboxylic acids is 4. The largest absolute Gasteiger partial charge is 0.378 e. The third kappa shape index (κ3) is 4.73. The van der Waals surface area contributed by atoms with Gasteiger partial charge in [0.2, 0.25) is 11.8 Å². The second kappa shape index (κ2) is 9.08. The third-order valence-corrected chi connectivity index (χ3v) is 6.07. The average molecular weight is 429 g/mol. The van der Waals surface area contributed by atoms with Gasteiger partial charge in [0.1, 0.15) is 12.1 Å². The Kier molecular flexibility index (Phi) is 6.67. The fraction of sp³-hybridized carbons (Fsp3) is 0.565. The molecule has 1 aromatic carbocycles. The topological polar surface area (TPSA) is 90.0 Å². The Bertz CT molecular complexity index is 865. The lowest BCUT2D eigenvalue weighted by Crippen LogP contribution is -2.53. The van der Waals surface area contributed by atoms with Crippen LogP contribution in [0.25, 0.3) is 0 Å². The van der Waals surface area contributed by atoms with Crippen molar-refractivity contribution in [3.05, 3.63) is 29.8 Å². The predicted octanol–water partition coefficient (Wildman–Crippen LogP) is 1.30. The number of hydrogen-bond acceptors (Lipinski definition) is 5. The van der Waals surface area contributed by atoms with E-state index < -0.39 is 12.1 Å². The van der Waals surface area contributed by atoms with Crippen LogP contribution in [0.4, 0.5) is 5.69 Å². The van der Waals surface area contributed by atoms with Gasteiger partial charge in [-0.05, 0) is 43.0 Å². The Morgan fingerprint density at radius 1 is 1.13 bits per heavy atom. The number of benzene rings is 1. The number of fused-ring (bicyclic) bond motifs is 1. The van der Waals surface area contributed by atoms with E-state index in [-0.39, 0.29) is 42.0 Å². The second-order valence-electron chi connectivity index (χ2n) is 9.04. The summed E-state index contributed by atoms with van der Waals surface area (Å²) in [6.45, 7) is 5.88. The van der Waals surface area contributed by atoms with Gasteiger partial charge < -0.3 is 20.0 Å². The van der Waals surface area contributed by atoms with Gasteiger partial charge in [-0.1, -0.05) is 13.8 Å². The van der Waals surface area contributed by atoms with Crippen LogP contribution in [0.3, 0.4) is 0 Å². The standard InChI is InChI=1S/C23H32N4O4/c1-14(2)12-18(24-22(30)16-6-8-17(9-7-16)25(4)5)23(31)26-11-10-19-21(26)20(29)13-27(19)15(3)28/h6-9,14,18-19,21H,10-13H2,1-5H3,(H,24,30)/t18-,19?,21-/m0/s1. The molecule has 0 spiro atoms. The van der Waals surface area contributed by atoms with Gasteiger partial charge in [-0.3, -0.25) is 19.2 Å². The number of Topliss-reactive ketones (excluding diaryl/α,β-unsaturated/α-hetero) is 1. The molecule has 168 valence electrons. The molecule has 2 aliphatic rings. The van der Waals surface area contributed by atoms with Crippen LogP contribution in [0, 0.1) is 5.92 Å². The Balaban J connectivity index is 1.76. The quantitative estimate of drug-likeness (QED) is 0.738. The molecule has 2 aliphatic heterocycles. The molecule has 0 aliphatic carbocycles. The number of nitrogens with zero attached hydrogens (tertiary/aromatic N) is 3. The number of hydrogen-bond donors (Lipinski definition) is 1. The molecule has 0 bridgehead atoms. The average Bonchev–Trinajstić information content (AvgIpc) is 3.28. The Labute approximate surface area is 183 Å². The molecule has 3 rings (SSSR count). The molecule has 2 saturated heterocycles. The molecule has 31 heavy (non-hydrogen) atoms.